The van der Waals surface area contributed by atoms with E-state index >= 15 is 0 Å². The Kier molecular flexibility index (Phi) is 6.20. The van der Waals surface area contributed by atoms with E-state index in [1.54, 1.807) is 37.4 Å². The fourth-order valence-electron chi connectivity index (χ4n) is 2.03. The molecule has 1 amide bonds. The fraction of sp³-hybridized carbons (Fsp3) is 0.176. The van der Waals surface area contributed by atoms with Crippen molar-refractivity contribution < 1.29 is 14.3 Å². The van der Waals surface area contributed by atoms with Crippen LogP contribution in [-0.2, 0) is 0 Å². The van der Waals surface area contributed by atoms with Gasteiger partial charge in [0, 0.05) is 5.69 Å². The molecule has 7 heteroatoms. The van der Waals surface area contributed by atoms with E-state index in [0.29, 0.717) is 29.4 Å². The number of halogens is 1. The number of rotatable bonds is 6. The van der Waals surface area contributed by atoms with Crippen LogP contribution in [-0.4, -0.2) is 25.8 Å². The quantitative estimate of drug-likeness (QED) is 0.449. The van der Waals surface area contributed by atoms with Crippen LogP contribution in [0.5, 0.6) is 11.5 Å². The number of methoxy groups -OCH3 is 1. The van der Waals surface area contributed by atoms with Crippen LogP contribution in [0.4, 0.5) is 5.69 Å². The standard InChI is InChI=1S/C17H18BrN3O3/c1-3-24-16-13(18)8-11(9-15(16)23-2)10-20-21-17(22)12-6-4-5-7-14(12)19/h4-10H,3,19H2,1-2H3,(H,21,22)/b20-10-. The summed E-state index contributed by atoms with van der Waals surface area (Å²) in [7, 11) is 1.56. The number of nitrogens with two attached hydrogens (primary N) is 1. The van der Waals surface area contributed by atoms with E-state index in [2.05, 4.69) is 26.5 Å². The van der Waals surface area contributed by atoms with Gasteiger partial charge in [0.25, 0.3) is 5.91 Å². The summed E-state index contributed by atoms with van der Waals surface area (Å²) in [5.41, 5.74) is 9.72. The summed E-state index contributed by atoms with van der Waals surface area (Å²) in [6.45, 7) is 2.42. The second kappa shape index (κ2) is 8.35. The minimum absolute atomic E-state index is 0.374. The van der Waals surface area contributed by atoms with Gasteiger partial charge in [0.05, 0.1) is 30.0 Å². The zero-order chi connectivity index (χ0) is 17.5. The lowest BCUT2D eigenvalue weighted by atomic mass is 10.2. The molecule has 2 rings (SSSR count). The fourth-order valence-corrected chi connectivity index (χ4v) is 2.60. The molecular formula is C17H18BrN3O3. The predicted molar refractivity (Wildman–Crippen MR) is 97.8 cm³/mol. The third-order valence-corrected chi connectivity index (χ3v) is 3.71. The van der Waals surface area contributed by atoms with Crippen LogP contribution >= 0.6 is 15.9 Å². The van der Waals surface area contributed by atoms with Crippen LogP contribution in [0.25, 0.3) is 0 Å². The molecule has 0 unspecified atom stereocenters. The molecule has 0 bridgehead atoms. The summed E-state index contributed by atoms with van der Waals surface area (Å²) in [4.78, 5) is 12.0. The highest BCUT2D eigenvalue weighted by Gasteiger charge is 2.11. The molecule has 0 radical (unpaired) electrons. The molecule has 24 heavy (non-hydrogen) atoms. The van der Waals surface area contributed by atoms with Gasteiger partial charge in [0.2, 0.25) is 0 Å². The average molecular weight is 392 g/mol. The third kappa shape index (κ3) is 4.26. The molecule has 2 aromatic carbocycles. The number of carbonyl (C=O) groups is 1. The van der Waals surface area contributed by atoms with Crippen molar-refractivity contribution in [3.63, 3.8) is 0 Å². The van der Waals surface area contributed by atoms with Crippen molar-refractivity contribution in [3.05, 3.63) is 52.0 Å². The van der Waals surface area contributed by atoms with Gasteiger partial charge in [-0.15, -0.1) is 0 Å². The van der Waals surface area contributed by atoms with Crippen molar-refractivity contribution >= 4 is 33.7 Å². The number of hydrogen-bond acceptors (Lipinski definition) is 5. The van der Waals surface area contributed by atoms with Crippen LogP contribution < -0.4 is 20.6 Å². The lowest BCUT2D eigenvalue weighted by Gasteiger charge is -2.12. The second-order valence-electron chi connectivity index (χ2n) is 4.75. The van der Waals surface area contributed by atoms with Gasteiger partial charge in [-0.2, -0.15) is 5.10 Å². The normalized spacial score (nSPS) is 10.6. The van der Waals surface area contributed by atoms with E-state index in [1.165, 1.54) is 6.21 Å². The summed E-state index contributed by atoms with van der Waals surface area (Å²) >= 11 is 3.44. The Labute approximate surface area is 148 Å². The van der Waals surface area contributed by atoms with Gasteiger partial charge in [-0.3, -0.25) is 4.79 Å². The van der Waals surface area contributed by atoms with E-state index in [4.69, 9.17) is 15.2 Å². The first kappa shape index (κ1) is 17.8. The van der Waals surface area contributed by atoms with Gasteiger partial charge in [0.15, 0.2) is 11.5 Å². The summed E-state index contributed by atoms with van der Waals surface area (Å²) in [6.07, 6.45) is 1.51. The molecule has 0 aliphatic rings. The Hall–Kier alpha value is -2.54. The maximum Gasteiger partial charge on any atom is 0.273 e. The van der Waals surface area contributed by atoms with Gasteiger partial charge in [-0.05, 0) is 52.7 Å². The number of hydrogen-bond donors (Lipinski definition) is 2. The number of nitrogen functional groups attached to an aromatic ring is 1. The van der Waals surface area contributed by atoms with E-state index in [1.807, 2.05) is 13.0 Å². The Bertz CT molecular complexity index is 763. The van der Waals surface area contributed by atoms with Crippen LogP contribution in [0.15, 0.2) is 46.0 Å². The van der Waals surface area contributed by atoms with E-state index in [-0.39, 0.29) is 5.91 Å². The SMILES string of the molecule is CCOc1c(Br)cc(/C=N\NC(=O)c2ccccc2N)cc1OC. The zero-order valence-corrected chi connectivity index (χ0v) is 15.0. The van der Waals surface area contributed by atoms with Crippen molar-refractivity contribution in [2.24, 2.45) is 5.10 Å². The lowest BCUT2D eigenvalue weighted by molar-refractivity contribution is 0.0956. The molecule has 0 aliphatic carbocycles. The smallest absolute Gasteiger partial charge is 0.273 e. The second-order valence-corrected chi connectivity index (χ2v) is 5.61. The van der Waals surface area contributed by atoms with E-state index in [0.717, 1.165) is 10.0 Å². The average Bonchev–Trinajstić information content (AvgIpc) is 2.57. The van der Waals surface area contributed by atoms with Crippen LogP contribution in [0.3, 0.4) is 0 Å². The molecule has 0 atom stereocenters. The highest BCUT2D eigenvalue weighted by atomic mass is 79.9. The molecule has 0 heterocycles. The molecule has 126 valence electrons. The van der Waals surface area contributed by atoms with Crippen molar-refractivity contribution in [2.75, 3.05) is 19.5 Å². The Morgan fingerprint density at radius 1 is 1.38 bits per heavy atom. The summed E-state index contributed by atoms with van der Waals surface area (Å²) in [6, 6.07) is 10.4. The summed E-state index contributed by atoms with van der Waals surface area (Å²) < 4.78 is 11.6. The first-order valence-electron chi connectivity index (χ1n) is 7.25. The van der Waals surface area contributed by atoms with Gasteiger partial charge in [-0.1, -0.05) is 12.1 Å². The summed E-state index contributed by atoms with van der Waals surface area (Å²) in [5.74, 6) is 0.825. The molecule has 3 N–H and O–H groups in total. The number of hydrazone groups is 1. The van der Waals surface area contributed by atoms with Crippen molar-refractivity contribution in [3.8, 4) is 11.5 Å². The summed E-state index contributed by atoms with van der Waals surface area (Å²) in [5, 5.41) is 3.95. The minimum atomic E-state index is -0.374. The van der Waals surface area contributed by atoms with Crippen LogP contribution in [0.1, 0.15) is 22.8 Å². The molecule has 0 spiro atoms. The number of nitrogens with one attached hydrogen (secondary N) is 1. The van der Waals surface area contributed by atoms with Gasteiger partial charge in [-0.25, -0.2) is 5.43 Å². The van der Waals surface area contributed by atoms with Gasteiger partial charge >= 0.3 is 0 Å². The van der Waals surface area contributed by atoms with Crippen molar-refractivity contribution in [1.29, 1.82) is 0 Å². The number of nitrogens with zero attached hydrogens (tertiary/aromatic N) is 1. The van der Waals surface area contributed by atoms with E-state index in [9.17, 15) is 4.79 Å². The van der Waals surface area contributed by atoms with Gasteiger partial charge in [0.1, 0.15) is 0 Å². The Balaban J connectivity index is 2.13. The number of benzene rings is 2. The van der Waals surface area contributed by atoms with Crippen molar-refractivity contribution in [2.45, 2.75) is 6.92 Å². The lowest BCUT2D eigenvalue weighted by Crippen LogP contribution is -2.19. The van der Waals surface area contributed by atoms with Gasteiger partial charge < -0.3 is 15.2 Å². The maximum absolute atomic E-state index is 12.0. The zero-order valence-electron chi connectivity index (χ0n) is 13.4. The Morgan fingerprint density at radius 2 is 2.12 bits per heavy atom. The molecule has 6 nitrogen and oxygen atoms in total. The number of anilines is 1. The number of amides is 1. The first-order valence-corrected chi connectivity index (χ1v) is 8.04. The molecule has 0 fully saturated rings. The molecular weight excluding hydrogens is 374 g/mol. The van der Waals surface area contributed by atoms with Crippen LogP contribution in [0.2, 0.25) is 0 Å². The highest BCUT2D eigenvalue weighted by Crippen LogP contribution is 2.36. The predicted octanol–water partition coefficient (Wildman–Crippen LogP) is 3.20. The minimum Gasteiger partial charge on any atom is -0.493 e. The largest absolute Gasteiger partial charge is 0.493 e. The number of ether oxygens (including phenoxy) is 2. The Morgan fingerprint density at radius 3 is 2.79 bits per heavy atom. The highest BCUT2D eigenvalue weighted by molar-refractivity contribution is 9.10. The third-order valence-electron chi connectivity index (χ3n) is 3.13. The molecule has 2 aromatic rings. The van der Waals surface area contributed by atoms with Crippen molar-refractivity contribution in [1.82, 2.24) is 5.43 Å². The molecule has 0 aromatic heterocycles. The number of carbonyl (C=O) groups excluding carboxylic acids is 1. The monoisotopic (exact) mass is 391 g/mol. The number of para-hydroxylation sites is 1. The van der Waals surface area contributed by atoms with E-state index < -0.39 is 0 Å². The molecule has 0 aliphatic heterocycles. The molecule has 0 saturated carbocycles. The molecule has 0 saturated heterocycles. The maximum atomic E-state index is 12.0. The van der Waals surface area contributed by atoms with Crippen LogP contribution in [0, 0.1) is 0 Å². The first-order chi connectivity index (χ1) is 11.6. The topological polar surface area (TPSA) is 85.9 Å².